The fraction of sp³-hybridized carbons (Fsp3) is 0.448. The number of nitrogens with zero attached hydrogens (tertiary/aromatic N) is 1. The molecule has 5 nitrogen and oxygen atoms in total. The molecule has 0 spiro atoms. The van der Waals surface area contributed by atoms with Crippen molar-refractivity contribution in [2.24, 2.45) is 0 Å². The zero-order valence-electron chi connectivity index (χ0n) is 20.9. The Morgan fingerprint density at radius 1 is 0.853 bits per heavy atom. The first-order valence-electron chi connectivity index (χ1n) is 12.7. The highest BCUT2D eigenvalue weighted by atomic mass is 16.5. The van der Waals surface area contributed by atoms with Gasteiger partial charge in [-0.3, -0.25) is 9.59 Å². The molecule has 34 heavy (non-hydrogen) atoms. The molecule has 0 bridgehead atoms. The van der Waals surface area contributed by atoms with Crippen molar-refractivity contribution >= 4 is 22.6 Å². The van der Waals surface area contributed by atoms with Crippen LogP contribution in [0.2, 0.25) is 0 Å². The quantitative estimate of drug-likeness (QED) is 0.159. The van der Waals surface area contributed by atoms with Crippen LogP contribution in [0.25, 0.3) is 22.2 Å². The van der Waals surface area contributed by atoms with E-state index in [1.807, 2.05) is 48.5 Å². The minimum absolute atomic E-state index is 0.408. The highest BCUT2D eigenvalue weighted by Gasteiger charge is 2.29. The predicted molar refractivity (Wildman–Crippen MR) is 139 cm³/mol. The van der Waals surface area contributed by atoms with E-state index in [0.29, 0.717) is 35.5 Å². The maximum absolute atomic E-state index is 13.8. The lowest BCUT2D eigenvalue weighted by Gasteiger charge is -2.22. The van der Waals surface area contributed by atoms with Crippen molar-refractivity contribution in [1.82, 2.24) is 9.88 Å². The molecular weight excluding hydrogens is 424 g/mol. The molecule has 1 aromatic heterocycles. The Labute approximate surface area is 203 Å². The summed E-state index contributed by atoms with van der Waals surface area (Å²) in [5.41, 5.74) is 2.80. The van der Waals surface area contributed by atoms with Crippen LogP contribution in [0.1, 0.15) is 75.6 Å². The van der Waals surface area contributed by atoms with Crippen LogP contribution in [0.4, 0.5) is 0 Å². The number of hydrogen-bond donors (Lipinski definition) is 1. The summed E-state index contributed by atoms with van der Waals surface area (Å²) < 4.78 is 5.41. The molecular formula is C29H38N2O3. The van der Waals surface area contributed by atoms with Gasteiger partial charge >= 0.3 is 0 Å². The van der Waals surface area contributed by atoms with Crippen LogP contribution in [-0.4, -0.2) is 41.8 Å². The number of nitrogens with one attached hydrogen (secondary N) is 1. The average molecular weight is 463 g/mol. The van der Waals surface area contributed by atoms with Crippen molar-refractivity contribution < 1.29 is 14.3 Å². The molecule has 3 aromatic rings. The zero-order chi connectivity index (χ0) is 24.3. The Morgan fingerprint density at radius 3 is 2.09 bits per heavy atom. The number of carbonyl (C=O) groups excluding carboxylic acids is 2. The number of hydrogen-bond acceptors (Lipinski definition) is 3. The maximum Gasteiger partial charge on any atom is 0.295 e. The molecule has 1 N–H and O–H groups in total. The minimum Gasteiger partial charge on any atom is -0.497 e. The van der Waals surface area contributed by atoms with E-state index in [-0.39, 0.29) is 0 Å². The molecule has 0 saturated carbocycles. The van der Waals surface area contributed by atoms with Gasteiger partial charge in [-0.1, -0.05) is 82.7 Å². The van der Waals surface area contributed by atoms with Crippen LogP contribution >= 0.6 is 0 Å². The van der Waals surface area contributed by atoms with Gasteiger partial charge in [0.2, 0.25) is 0 Å². The lowest BCUT2D eigenvalue weighted by molar-refractivity contribution is -0.126. The van der Waals surface area contributed by atoms with Crippen molar-refractivity contribution in [3.05, 3.63) is 54.1 Å². The molecule has 1 amide bonds. The molecule has 3 rings (SSSR count). The SMILES string of the molecule is CCCCCCN(CCCCCC)C(=O)C(=O)c1c(-c2ccccc2)[nH]c2ccc(OC)cc12. The number of amides is 1. The Balaban J connectivity index is 1.96. The van der Waals surface area contributed by atoms with Gasteiger partial charge in [0, 0.05) is 24.0 Å². The van der Waals surface area contributed by atoms with E-state index in [0.717, 1.165) is 62.4 Å². The predicted octanol–water partition coefficient (Wildman–Crippen LogP) is 7.02. The number of ether oxygens (including phenoxy) is 1. The standard InChI is InChI=1S/C29H38N2O3/c1-4-6-8-13-19-31(20-14-9-7-5-2)29(33)28(32)26-24-21-23(34-3)17-18-25(24)30-27(26)22-15-11-10-12-16-22/h10-12,15-18,21,30H,4-9,13-14,19-20H2,1-3H3. The third-order valence-electron chi connectivity index (χ3n) is 6.34. The molecule has 2 aromatic carbocycles. The van der Waals surface area contributed by atoms with Crippen LogP contribution < -0.4 is 4.74 Å². The van der Waals surface area contributed by atoms with Gasteiger partial charge in [-0.15, -0.1) is 0 Å². The van der Waals surface area contributed by atoms with E-state index in [2.05, 4.69) is 18.8 Å². The largest absolute Gasteiger partial charge is 0.497 e. The number of aromatic nitrogens is 1. The summed E-state index contributed by atoms with van der Waals surface area (Å²) in [7, 11) is 1.60. The number of rotatable bonds is 14. The van der Waals surface area contributed by atoms with Crippen molar-refractivity contribution in [1.29, 1.82) is 0 Å². The smallest absolute Gasteiger partial charge is 0.295 e. The molecule has 0 fully saturated rings. The monoisotopic (exact) mass is 462 g/mol. The van der Waals surface area contributed by atoms with Crippen LogP contribution in [0.3, 0.4) is 0 Å². The van der Waals surface area contributed by atoms with Gasteiger partial charge < -0.3 is 14.6 Å². The summed E-state index contributed by atoms with van der Waals surface area (Å²) in [6.07, 6.45) is 8.56. The number of aromatic amines is 1. The first kappa shape index (κ1) is 25.5. The van der Waals surface area contributed by atoms with E-state index in [1.165, 1.54) is 0 Å². The number of methoxy groups -OCH3 is 1. The van der Waals surface area contributed by atoms with E-state index in [1.54, 1.807) is 12.0 Å². The third kappa shape index (κ3) is 6.28. The normalized spacial score (nSPS) is 11.0. The summed E-state index contributed by atoms with van der Waals surface area (Å²) in [4.78, 5) is 32.5. The molecule has 0 saturated heterocycles. The molecule has 1 heterocycles. The summed E-state index contributed by atoms with van der Waals surface area (Å²) >= 11 is 0. The molecule has 0 unspecified atom stereocenters. The van der Waals surface area contributed by atoms with Gasteiger partial charge in [0.25, 0.3) is 11.7 Å². The molecule has 0 aliphatic rings. The molecule has 0 atom stereocenters. The lowest BCUT2D eigenvalue weighted by Crippen LogP contribution is -2.38. The fourth-order valence-corrected chi connectivity index (χ4v) is 4.38. The van der Waals surface area contributed by atoms with Gasteiger partial charge in [-0.05, 0) is 36.6 Å². The fourth-order valence-electron chi connectivity index (χ4n) is 4.38. The van der Waals surface area contributed by atoms with Crippen LogP contribution in [0.5, 0.6) is 5.75 Å². The first-order valence-corrected chi connectivity index (χ1v) is 12.7. The number of carbonyl (C=O) groups is 2. The zero-order valence-corrected chi connectivity index (χ0v) is 20.9. The van der Waals surface area contributed by atoms with Gasteiger partial charge in [0.15, 0.2) is 0 Å². The number of ketones is 1. The van der Waals surface area contributed by atoms with Crippen LogP contribution in [-0.2, 0) is 4.79 Å². The highest BCUT2D eigenvalue weighted by molar-refractivity contribution is 6.46. The van der Waals surface area contributed by atoms with E-state index in [9.17, 15) is 9.59 Å². The Bertz CT molecular complexity index is 1060. The van der Waals surface area contributed by atoms with Crippen molar-refractivity contribution in [3.8, 4) is 17.0 Å². The average Bonchev–Trinajstić information content (AvgIpc) is 3.26. The van der Waals surface area contributed by atoms with Crippen LogP contribution in [0, 0.1) is 0 Å². The summed E-state index contributed by atoms with van der Waals surface area (Å²) in [5.74, 6) is -0.207. The van der Waals surface area contributed by atoms with E-state index in [4.69, 9.17) is 4.74 Å². The highest BCUT2D eigenvalue weighted by Crippen LogP contribution is 2.33. The van der Waals surface area contributed by atoms with Crippen molar-refractivity contribution in [2.75, 3.05) is 20.2 Å². The Morgan fingerprint density at radius 2 is 1.50 bits per heavy atom. The summed E-state index contributed by atoms with van der Waals surface area (Å²) in [5, 5.41) is 0.716. The number of fused-ring (bicyclic) bond motifs is 1. The molecule has 0 radical (unpaired) electrons. The van der Waals surface area contributed by atoms with Crippen LogP contribution in [0.15, 0.2) is 48.5 Å². The van der Waals surface area contributed by atoms with E-state index >= 15 is 0 Å². The van der Waals surface area contributed by atoms with Gasteiger partial charge in [-0.2, -0.15) is 0 Å². The lowest BCUT2D eigenvalue weighted by atomic mass is 10.0. The summed E-state index contributed by atoms with van der Waals surface area (Å²) in [6, 6.07) is 15.3. The van der Waals surface area contributed by atoms with Gasteiger partial charge in [0.1, 0.15) is 5.75 Å². The number of H-pyrrole nitrogens is 1. The van der Waals surface area contributed by atoms with Gasteiger partial charge in [-0.25, -0.2) is 0 Å². The number of unbranched alkanes of at least 4 members (excludes halogenated alkanes) is 6. The van der Waals surface area contributed by atoms with Crippen molar-refractivity contribution in [3.63, 3.8) is 0 Å². The first-order chi connectivity index (χ1) is 16.6. The molecule has 0 aliphatic carbocycles. The second kappa shape index (κ2) is 13.0. The minimum atomic E-state index is -0.454. The van der Waals surface area contributed by atoms with E-state index < -0.39 is 11.7 Å². The third-order valence-corrected chi connectivity index (χ3v) is 6.34. The molecule has 182 valence electrons. The number of Topliss-reactive ketones (excluding diaryl/α,β-unsaturated/α-hetero) is 1. The van der Waals surface area contributed by atoms with Gasteiger partial charge in [0.05, 0.1) is 18.4 Å². The molecule has 5 heteroatoms. The Hall–Kier alpha value is -3.08. The maximum atomic E-state index is 13.8. The molecule has 0 aliphatic heterocycles. The second-order valence-electron chi connectivity index (χ2n) is 8.90. The summed E-state index contributed by atoms with van der Waals surface area (Å²) in [6.45, 7) is 5.60. The Kier molecular flexibility index (Phi) is 9.75. The van der Waals surface area contributed by atoms with Crippen molar-refractivity contribution in [2.45, 2.75) is 65.2 Å². The number of benzene rings is 2. The second-order valence-corrected chi connectivity index (χ2v) is 8.90. The topological polar surface area (TPSA) is 62.4 Å².